The van der Waals surface area contributed by atoms with Crippen LogP contribution < -0.4 is 4.90 Å². The van der Waals surface area contributed by atoms with E-state index in [0.717, 1.165) is 11.3 Å². The largest absolute Gasteiger partial charge is 0.503 e. The van der Waals surface area contributed by atoms with Gasteiger partial charge in [0.2, 0.25) is 5.78 Å². The number of carbonyl (C=O) groups excluding carboxylic acids is 2. The van der Waals surface area contributed by atoms with Crippen molar-refractivity contribution in [1.29, 1.82) is 0 Å². The molecule has 1 N–H and O–H groups in total. The van der Waals surface area contributed by atoms with E-state index in [1.54, 1.807) is 32.0 Å². The van der Waals surface area contributed by atoms with E-state index in [9.17, 15) is 19.1 Å². The van der Waals surface area contributed by atoms with Gasteiger partial charge in [0.1, 0.15) is 29.1 Å². The number of aliphatic hydroxyl groups is 1. The summed E-state index contributed by atoms with van der Waals surface area (Å²) in [6.45, 7) is 3.41. The SMILES string of the molecule is Cc1ccc(C(=O)C2=C(O)C(=O)N(c3nc4ccc(F)cc4s3)C2c2ccc(C)o2)o1. The van der Waals surface area contributed by atoms with E-state index in [2.05, 4.69) is 4.98 Å². The summed E-state index contributed by atoms with van der Waals surface area (Å²) < 4.78 is 25.3. The molecule has 0 fully saturated rings. The van der Waals surface area contributed by atoms with Crippen LogP contribution in [0.2, 0.25) is 0 Å². The first-order valence-electron chi connectivity index (χ1n) is 9.33. The Kier molecular flexibility index (Phi) is 4.30. The predicted molar refractivity (Wildman–Crippen MR) is 111 cm³/mol. The molecule has 3 aromatic heterocycles. The average molecular weight is 438 g/mol. The Morgan fingerprint density at radius 3 is 2.55 bits per heavy atom. The molecule has 0 aliphatic carbocycles. The first-order valence-corrected chi connectivity index (χ1v) is 10.2. The number of aromatic nitrogens is 1. The van der Waals surface area contributed by atoms with Crippen molar-refractivity contribution in [3.8, 4) is 0 Å². The summed E-state index contributed by atoms with van der Waals surface area (Å²) in [4.78, 5) is 31.9. The zero-order valence-corrected chi connectivity index (χ0v) is 17.2. The van der Waals surface area contributed by atoms with Gasteiger partial charge in [-0.15, -0.1) is 0 Å². The van der Waals surface area contributed by atoms with Crippen LogP contribution in [0.5, 0.6) is 0 Å². The molecule has 9 heteroatoms. The summed E-state index contributed by atoms with van der Waals surface area (Å²) in [7, 11) is 0. The maximum absolute atomic E-state index is 13.6. The number of furan rings is 2. The normalized spacial score (nSPS) is 16.7. The number of carbonyl (C=O) groups is 2. The van der Waals surface area contributed by atoms with Gasteiger partial charge in [-0.1, -0.05) is 11.3 Å². The van der Waals surface area contributed by atoms with Crippen LogP contribution in [0.1, 0.15) is 33.9 Å². The van der Waals surface area contributed by atoms with Crippen LogP contribution in [0.4, 0.5) is 9.52 Å². The molecule has 4 aromatic rings. The number of ketones is 1. The third-order valence-electron chi connectivity index (χ3n) is 4.99. The minimum Gasteiger partial charge on any atom is -0.503 e. The quantitative estimate of drug-likeness (QED) is 0.450. The molecule has 7 nitrogen and oxygen atoms in total. The fourth-order valence-electron chi connectivity index (χ4n) is 3.58. The Bertz CT molecular complexity index is 1400. The molecule has 1 aliphatic heterocycles. The van der Waals surface area contributed by atoms with Crippen LogP contribution >= 0.6 is 11.3 Å². The lowest BCUT2D eigenvalue weighted by molar-refractivity contribution is -0.117. The van der Waals surface area contributed by atoms with E-state index in [0.29, 0.717) is 21.7 Å². The smallest absolute Gasteiger partial charge is 0.296 e. The lowest BCUT2D eigenvalue weighted by atomic mass is 10.00. The van der Waals surface area contributed by atoms with Crippen LogP contribution in [0.15, 0.2) is 62.6 Å². The third-order valence-corrected chi connectivity index (χ3v) is 6.01. The Hall–Kier alpha value is -3.72. The number of aryl methyl sites for hydroxylation is 2. The van der Waals surface area contributed by atoms with Crippen LogP contribution in [-0.2, 0) is 4.79 Å². The van der Waals surface area contributed by atoms with E-state index in [1.807, 2.05) is 0 Å². The highest BCUT2D eigenvalue weighted by molar-refractivity contribution is 7.22. The highest BCUT2D eigenvalue weighted by Gasteiger charge is 2.48. The number of nitrogens with zero attached hydrogens (tertiary/aromatic N) is 2. The van der Waals surface area contributed by atoms with Gasteiger partial charge in [-0.3, -0.25) is 14.5 Å². The average Bonchev–Trinajstić information content (AvgIpc) is 3.49. The van der Waals surface area contributed by atoms with Crippen LogP contribution in [0.25, 0.3) is 10.2 Å². The van der Waals surface area contributed by atoms with Crippen LogP contribution in [0.3, 0.4) is 0 Å². The molecule has 4 heterocycles. The molecule has 1 aromatic carbocycles. The van der Waals surface area contributed by atoms with Crippen molar-refractivity contribution >= 4 is 38.4 Å². The summed E-state index contributed by atoms with van der Waals surface area (Å²) in [5, 5.41) is 10.9. The van der Waals surface area contributed by atoms with Gasteiger partial charge in [0, 0.05) is 0 Å². The first kappa shape index (κ1) is 19.3. The maximum Gasteiger partial charge on any atom is 0.296 e. The minimum absolute atomic E-state index is 0.00616. The summed E-state index contributed by atoms with van der Waals surface area (Å²) >= 11 is 1.07. The van der Waals surface area contributed by atoms with Gasteiger partial charge in [-0.2, -0.15) is 0 Å². The molecule has 1 aliphatic rings. The second kappa shape index (κ2) is 6.92. The van der Waals surface area contributed by atoms with Crippen molar-refractivity contribution in [1.82, 2.24) is 4.98 Å². The summed E-state index contributed by atoms with van der Waals surface area (Å²) in [6.07, 6.45) is 0. The number of anilines is 1. The Labute approximate surface area is 179 Å². The summed E-state index contributed by atoms with van der Waals surface area (Å²) in [6, 6.07) is 9.46. The molecule has 0 saturated heterocycles. The van der Waals surface area contributed by atoms with Gasteiger partial charge < -0.3 is 13.9 Å². The van der Waals surface area contributed by atoms with Gasteiger partial charge in [0.05, 0.1) is 15.8 Å². The molecular formula is C22H15FN2O5S. The number of amides is 1. The molecule has 156 valence electrons. The Morgan fingerprint density at radius 2 is 1.87 bits per heavy atom. The number of benzene rings is 1. The maximum atomic E-state index is 13.6. The second-order valence-corrected chi connectivity index (χ2v) is 8.15. The summed E-state index contributed by atoms with van der Waals surface area (Å²) in [5.74, 6) is -1.20. The second-order valence-electron chi connectivity index (χ2n) is 7.14. The molecule has 1 atom stereocenters. The minimum atomic E-state index is -1.05. The molecule has 1 unspecified atom stereocenters. The lowest BCUT2D eigenvalue weighted by Crippen LogP contribution is -2.30. The zero-order valence-electron chi connectivity index (χ0n) is 16.4. The Balaban J connectivity index is 1.67. The number of Topliss-reactive ketones (excluding diaryl/α,β-unsaturated/α-hetero) is 1. The van der Waals surface area contributed by atoms with Crippen molar-refractivity contribution in [2.24, 2.45) is 0 Å². The van der Waals surface area contributed by atoms with Gasteiger partial charge in [-0.05, 0) is 56.3 Å². The van der Waals surface area contributed by atoms with Crippen molar-refractivity contribution in [3.05, 3.63) is 82.7 Å². The molecule has 0 saturated carbocycles. The number of hydrogen-bond acceptors (Lipinski definition) is 7. The van der Waals surface area contributed by atoms with Crippen molar-refractivity contribution in [2.45, 2.75) is 19.9 Å². The number of thiazole rings is 1. The molecule has 0 spiro atoms. The van der Waals surface area contributed by atoms with Crippen LogP contribution in [0, 0.1) is 19.7 Å². The number of aliphatic hydroxyl groups excluding tert-OH is 1. The standard InChI is InChI=1S/C22H15FN2O5S/c1-10-3-7-14(29-10)18-17(19(26)15-8-4-11(2)30-15)20(27)21(28)25(18)22-24-13-6-5-12(23)9-16(13)31-22/h3-9,18,27H,1-2H3. The van der Waals surface area contributed by atoms with Gasteiger partial charge >= 0.3 is 0 Å². The molecule has 0 radical (unpaired) electrons. The first-order chi connectivity index (χ1) is 14.8. The monoisotopic (exact) mass is 438 g/mol. The van der Waals surface area contributed by atoms with Gasteiger partial charge in [0.15, 0.2) is 16.7 Å². The zero-order chi connectivity index (χ0) is 21.9. The van der Waals surface area contributed by atoms with Crippen molar-refractivity contribution < 1.29 is 27.9 Å². The molecular weight excluding hydrogens is 423 g/mol. The van der Waals surface area contributed by atoms with E-state index in [1.165, 1.54) is 29.2 Å². The van der Waals surface area contributed by atoms with E-state index >= 15 is 0 Å². The third kappa shape index (κ3) is 3.05. The highest BCUT2D eigenvalue weighted by Crippen LogP contribution is 2.44. The van der Waals surface area contributed by atoms with Crippen molar-refractivity contribution in [2.75, 3.05) is 4.90 Å². The number of rotatable bonds is 4. The van der Waals surface area contributed by atoms with E-state index in [-0.39, 0.29) is 22.2 Å². The molecule has 5 rings (SSSR count). The van der Waals surface area contributed by atoms with Gasteiger partial charge in [-0.25, -0.2) is 9.37 Å². The van der Waals surface area contributed by atoms with Gasteiger partial charge in [0.25, 0.3) is 5.91 Å². The fourth-order valence-corrected chi connectivity index (χ4v) is 4.60. The predicted octanol–water partition coefficient (Wildman–Crippen LogP) is 5.02. The molecule has 0 bridgehead atoms. The fraction of sp³-hybridized carbons (Fsp3) is 0.136. The van der Waals surface area contributed by atoms with Crippen molar-refractivity contribution in [3.63, 3.8) is 0 Å². The number of halogens is 1. The highest BCUT2D eigenvalue weighted by atomic mass is 32.1. The van der Waals surface area contributed by atoms with Crippen LogP contribution in [-0.4, -0.2) is 21.8 Å². The summed E-state index contributed by atoms with van der Waals surface area (Å²) in [5.41, 5.74) is 0.323. The Morgan fingerprint density at radius 1 is 1.13 bits per heavy atom. The number of hydrogen-bond donors (Lipinski definition) is 1. The van der Waals surface area contributed by atoms with E-state index in [4.69, 9.17) is 8.83 Å². The lowest BCUT2D eigenvalue weighted by Gasteiger charge is -2.21. The molecule has 31 heavy (non-hydrogen) atoms. The topological polar surface area (TPSA) is 96.8 Å². The number of fused-ring (bicyclic) bond motifs is 1. The van der Waals surface area contributed by atoms with E-state index < -0.39 is 29.3 Å². The molecule has 1 amide bonds.